The van der Waals surface area contributed by atoms with E-state index in [9.17, 15) is 9.59 Å². The number of hydrogen-bond donors (Lipinski definition) is 2. The Labute approximate surface area is 113 Å². The largest absolute Gasteiger partial charge is 0.444 e. The van der Waals surface area contributed by atoms with Crippen molar-refractivity contribution in [2.75, 3.05) is 6.54 Å². The smallest absolute Gasteiger partial charge is 0.407 e. The van der Waals surface area contributed by atoms with E-state index < -0.39 is 23.5 Å². The normalized spacial score (nSPS) is 12.6. The van der Waals surface area contributed by atoms with Crippen LogP contribution in [-0.4, -0.2) is 24.1 Å². The Morgan fingerprint density at radius 2 is 1.84 bits per heavy atom. The molecule has 0 heterocycles. The van der Waals surface area contributed by atoms with Crippen LogP contribution in [0.25, 0.3) is 0 Å². The van der Waals surface area contributed by atoms with Gasteiger partial charge in [0.1, 0.15) is 5.60 Å². The molecule has 0 bridgehead atoms. The van der Waals surface area contributed by atoms with Crippen molar-refractivity contribution in [3.8, 4) is 0 Å². The lowest BCUT2D eigenvalue weighted by Gasteiger charge is -2.21. The minimum atomic E-state index is -0.570. The van der Waals surface area contributed by atoms with Gasteiger partial charge in [0.05, 0.1) is 5.92 Å². The summed E-state index contributed by atoms with van der Waals surface area (Å²) in [5.74, 6) is -1.05. The van der Waals surface area contributed by atoms with E-state index in [0.29, 0.717) is 0 Å². The average Bonchev–Trinajstić information content (AvgIpc) is 2.27. The number of carbonyl (C=O) groups excluding carboxylic acids is 2. The van der Waals surface area contributed by atoms with Gasteiger partial charge in [0, 0.05) is 6.54 Å². The predicted octanol–water partition coefficient (Wildman–Crippen LogP) is 1.78. The molecule has 1 unspecified atom stereocenters. The maximum absolute atomic E-state index is 11.5. The molecule has 1 rings (SSSR count). The molecule has 1 aromatic rings. The Hall–Kier alpha value is -2.04. The Morgan fingerprint density at radius 1 is 1.26 bits per heavy atom. The molecule has 0 radical (unpaired) electrons. The molecule has 1 atom stereocenters. The van der Waals surface area contributed by atoms with Crippen molar-refractivity contribution in [3.63, 3.8) is 0 Å². The number of hydrogen-bond acceptors (Lipinski definition) is 3. The first-order valence-electron chi connectivity index (χ1n) is 6.11. The molecular weight excluding hydrogens is 244 g/mol. The summed E-state index contributed by atoms with van der Waals surface area (Å²) in [5, 5.41) is 2.56. The maximum atomic E-state index is 11.5. The zero-order valence-corrected chi connectivity index (χ0v) is 11.5. The molecule has 1 aromatic carbocycles. The summed E-state index contributed by atoms with van der Waals surface area (Å²) in [6.07, 6.45) is -0.560. The highest BCUT2D eigenvalue weighted by atomic mass is 16.6. The van der Waals surface area contributed by atoms with E-state index in [0.717, 1.165) is 5.56 Å². The second kappa shape index (κ2) is 6.22. The molecule has 0 saturated heterocycles. The number of benzene rings is 1. The molecule has 0 aliphatic heterocycles. The average molecular weight is 264 g/mol. The minimum absolute atomic E-state index is 0.119. The van der Waals surface area contributed by atoms with Gasteiger partial charge in [-0.2, -0.15) is 0 Å². The van der Waals surface area contributed by atoms with Gasteiger partial charge in [0.2, 0.25) is 5.91 Å². The van der Waals surface area contributed by atoms with Crippen LogP contribution in [0.5, 0.6) is 0 Å². The molecule has 2 amide bonds. The Morgan fingerprint density at radius 3 is 2.32 bits per heavy atom. The maximum Gasteiger partial charge on any atom is 0.407 e. The van der Waals surface area contributed by atoms with E-state index in [1.165, 1.54) is 0 Å². The summed E-state index contributed by atoms with van der Waals surface area (Å²) in [6.45, 7) is 5.44. The van der Waals surface area contributed by atoms with Crippen LogP contribution in [-0.2, 0) is 9.53 Å². The van der Waals surface area contributed by atoms with Crippen LogP contribution in [0.3, 0.4) is 0 Å². The van der Waals surface area contributed by atoms with Gasteiger partial charge < -0.3 is 15.8 Å². The van der Waals surface area contributed by atoms with E-state index in [1.54, 1.807) is 32.9 Å². The van der Waals surface area contributed by atoms with E-state index in [1.807, 2.05) is 18.2 Å². The van der Waals surface area contributed by atoms with Gasteiger partial charge in [-0.25, -0.2) is 4.79 Å². The minimum Gasteiger partial charge on any atom is -0.444 e. The fourth-order valence-corrected chi connectivity index (χ4v) is 1.57. The fraction of sp³-hybridized carbons (Fsp3) is 0.429. The fourth-order valence-electron chi connectivity index (χ4n) is 1.57. The molecule has 0 aliphatic carbocycles. The molecule has 0 aliphatic rings. The monoisotopic (exact) mass is 264 g/mol. The quantitative estimate of drug-likeness (QED) is 0.869. The lowest BCUT2D eigenvalue weighted by Crippen LogP contribution is -2.38. The van der Waals surface area contributed by atoms with Crippen molar-refractivity contribution < 1.29 is 14.3 Å². The standard InChI is InChI=1S/C14H20N2O3/c1-14(2,3)19-13(18)16-9-11(12(15)17)10-7-5-4-6-8-10/h4-8,11H,9H2,1-3H3,(H2,15,17)(H,16,18). The van der Waals surface area contributed by atoms with E-state index in [4.69, 9.17) is 10.5 Å². The molecule has 0 aromatic heterocycles. The van der Waals surface area contributed by atoms with Gasteiger partial charge in [-0.05, 0) is 26.3 Å². The van der Waals surface area contributed by atoms with Gasteiger partial charge in [-0.1, -0.05) is 30.3 Å². The van der Waals surface area contributed by atoms with Crippen molar-refractivity contribution in [1.82, 2.24) is 5.32 Å². The van der Waals surface area contributed by atoms with Crippen LogP contribution in [0, 0.1) is 0 Å². The summed E-state index contributed by atoms with van der Waals surface area (Å²) in [6, 6.07) is 9.08. The van der Waals surface area contributed by atoms with Gasteiger partial charge in [-0.3, -0.25) is 4.79 Å². The summed E-state index contributed by atoms with van der Waals surface area (Å²) < 4.78 is 5.10. The van der Waals surface area contributed by atoms with Crippen molar-refractivity contribution in [3.05, 3.63) is 35.9 Å². The zero-order chi connectivity index (χ0) is 14.5. The number of carbonyl (C=O) groups is 2. The number of amides is 2. The summed E-state index contributed by atoms with van der Waals surface area (Å²) in [7, 11) is 0. The van der Waals surface area contributed by atoms with Crippen molar-refractivity contribution >= 4 is 12.0 Å². The van der Waals surface area contributed by atoms with Crippen molar-refractivity contribution in [1.29, 1.82) is 0 Å². The van der Waals surface area contributed by atoms with Crippen LogP contribution in [0.4, 0.5) is 4.79 Å². The number of ether oxygens (including phenoxy) is 1. The second-order valence-corrected chi connectivity index (χ2v) is 5.25. The number of nitrogens with one attached hydrogen (secondary N) is 1. The number of primary amides is 1. The first kappa shape index (κ1) is 15.0. The van der Waals surface area contributed by atoms with Crippen LogP contribution < -0.4 is 11.1 Å². The van der Waals surface area contributed by atoms with Gasteiger partial charge in [-0.15, -0.1) is 0 Å². The van der Waals surface area contributed by atoms with Crippen LogP contribution in [0.2, 0.25) is 0 Å². The first-order valence-corrected chi connectivity index (χ1v) is 6.11. The molecule has 5 nitrogen and oxygen atoms in total. The Kier molecular flexibility index (Phi) is 4.92. The number of nitrogens with two attached hydrogens (primary N) is 1. The molecule has 5 heteroatoms. The lowest BCUT2D eigenvalue weighted by atomic mass is 9.99. The third kappa shape index (κ3) is 5.42. The summed E-state index contributed by atoms with van der Waals surface area (Å²) in [4.78, 5) is 23.0. The zero-order valence-electron chi connectivity index (χ0n) is 11.5. The molecule has 19 heavy (non-hydrogen) atoms. The summed E-state index contributed by atoms with van der Waals surface area (Å²) >= 11 is 0. The van der Waals surface area contributed by atoms with Crippen molar-refractivity contribution in [2.45, 2.75) is 32.3 Å². The summed E-state index contributed by atoms with van der Waals surface area (Å²) in [5.41, 5.74) is 5.55. The van der Waals surface area contributed by atoms with Crippen molar-refractivity contribution in [2.24, 2.45) is 5.73 Å². The van der Waals surface area contributed by atoms with Gasteiger partial charge in [0.15, 0.2) is 0 Å². The third-order valence-corrected chi connectivity index (χ3v) is 2.39. The molecule has 0 spiro atoms. The van der Waals surface area contributed by atoms with E-state index in [-0.39, 0.29) is 6.54 Å². The van der Waals surface area contributed by atoms with Gasteiger partial charge >= 0.3 is 6.09 Å². The van der Waals surface area contributed by atoms with Gasteiger partial charge in [0.25, 0.3) is 0 Å². The molecule has 3 N–H and O–H groups in total. The van der Waals surface area contributed by atoms with Crippen LogP contribution in [0.1, 0.15) is 32.3 Å². The predicted molar refractivity (Wildman–Crippen MR) is 72.6 cm³/mol. The highest BCUT2D eigenvalue weighted by molar-refractivity contribution is 5.83. The number of alkyl carbamates (subject to hydrolysis) is 1. The molecular formula is C14H20N2O3. The number of rotatable bonds is 4. The third-order valence-electron chi connectivity index (χ3n) is 2.39. The first-order chi connectivity index (χ1) is 8.79. The highest BCUT2D eigenvalue weighted by Crippen LogP contribution is 2.14. The SMILES string of the molecule is CC(C)(C)OC(=O)NCC(C(N)=O)c1ccccc1. The Bertz CT molecular complexity index is 438. The second-order valence-electron chi connectivity index (χ2n) is 5.25. The molecule has 0 saturated carbocycles. The molecule has 0 fully saturated rings. The van der Waals surface area contributed by atoms with E-state index >= 15 is 0 Å². The highest BCUT2D eigenvalue weighted by Gasteiger charge is 2.21. The topological polar surface area (TPSA) is 81.4 Å². The van der Waals surface area contributed by atoms with Crippen LogP contribution in [0.15, 0.2) is 30.3 Å². The van der Waals surface area contributed by atoms with Crippen LogP contribution >= 0.6 is 0 Å². The molecule has 104 valence electrons. The van der Waals surface area contributed by atoms with E-state index in [2.05, 4.69) is 5.32 Å². The lowest BCUT2D eigenvalue weighted by molar-refractivity contribution is -0.119. The Balaban J connectivity index is 2.62.